The lowest BCUT2D eigenvalue weighted by Crippen LogP contribution is -1.91. The van der Waals surface area contributed by atoms with Crippen molar-refractivity contribution in [2.24, 2.45) is 0 Å². The molecule has 0 amide bonds. The normalized spacial score (nSPS) is 10.3. The highest BCUT2D eigenvalue weighted by molar-refractivity contribution is 9.10. The van der Waals surface area contributed by atoms with E-state index in [1.165, 1.54) is 12.1 Å². The Morgan fingerprint density at radius 1 is 1.18 bits per heavy atom. The van der Waals surface area contributed by atoms with Crippen LogP contribution in [0.2, 0.25) is 5.02 Å². The minimum atomic E-state index is -0.425. The fraction of sp³-hybridized carbons (Fsp3) is 0. The number of hydrogen-bond donors (Lipinski definition) is 0. The van der Waals surface area contributed by atoms with E-state index in [0.717, 1.165) is 0 Å². The van der Waals surface area contributed by atoms with Crippen LogP contribution in [0, 0.1) is 5.82 Å². The van der Waals surface area contributed by atoms with E-state index >= 15 is 0 Å². The van der Waals surface area contributed by atoms with Crippen molar-refractivity contribution < 1.29 is 9.18 Å². The second-order valence-electron chi connectivity index (χ2n) is 3.45. The molecule has 0 bridgehead atoms. The Kier molecular flexibility index (Phi) is 3.60. The largest absolute Gasteiger partial charge is 0.298 e. The van der Waals surface area contributed by atoms with Crippen LogP contribution < -0.4 is 0 Å². The van der Waals surface area contributed by atoms with Crippen LogP contribution in [0.4, 0.5) is 4.39 Å². The van der Waals surface area contributed by atoms with E-state index in [0.29, 0.717) is 28.0 Å². The smallest absolute Gasteiger partial charge is 0.150 e. The quantitative estimate of drug-likeness (QED) is 0.733. The SMILES string of the molecule is O=Cc1cc(Br)c(F)cc1-c1ccccc1Cl. The van der Waals surface area contributed by atoms with E-state index in [1.807, 2.05) is 0 Å². The molecule has 0 heterocycles. The second kappa shape index (κ2) is 4.98. The molecule has 0 aliphatic heterocycles. The van der Waals surface area contributed by atoms with Crippen LogP contribution in [0.1, 0.15) is 10.4 Å². The van der Waals surface area contributed by atoms with Gasteiger partial charge in [-0.15, -0.1) is 0 Å². The summed E-state index contributed by atoms with van der Waals surface area (Å²) >= 11 is 9.07. The summed E-state index contributed by atoms with van der Waals surface area (Å²) in [5, 5.41) is 0.484. The average Bonchev–Trinajstić information content (AvgIpc) is 2.33. The molecule has 0 spiro atoms. The first kappa shape index (κ1) is 12.3. The summed E-state index contributed by atoms with van der Waals surface area (Å²) in [6.07, 6.45) is 0.683. The maximum Gasteiger partial charge on any atom is 0.150 e. The molecule has 86 valence electrons. The molecule has 0 unspecified atom stereocenters. The topological polar surface area (TPSA) is 17.1 Å². The molecule has 0 saturated carbocycles. The van der Waals surface area contributed by atoms with Gasteiger partial charge in [0.2, 0.25) is 0 Å². The summed E-state index contributed by atoms with van der Waals surface area (Å²) in [5.74, 6) is -0.425. The molecule has 2 aromatic carbocycles. The third kappa shape index (κ3) is 2.40. The van der Waals surface area contributed by atoms with E-state index in [4.69, 9.17) is 11.6 Å². The lowest BCUT2D eigenvalue weighted by molar-refractivity contribution is 0.112. The van der Waals surface area contributed by atoms with Crippen LogP contribution in [0.3, 0.4) is 0 Å². The molecule has 0 saturated heterocycles. The van der Waals surface area contributed by atoms with Crippen molar-refractivity contribution in [2.45, 2.75) is 0 Å². The van der Waals surface area contributed by atoms with E-state index in [9.17, 15) is 9.18 Å². The Hall–Kier alpha value is -1.19. The van der Waals surface area contributed by atoms with Crippen molar-refractivity contribution in [3.8, 4) is 11.1 Å². The van der Waals surface area contributed by atoms with Crippen LogP contribution >= 0.6 is 27.5 Å². The molecule has 4 heteroatoms. The summed E-state index contributed by atoms with van der Waals surface area (Å²) in [4.78, 5) is 11.0. The highest BCUT2D eigenvalue weighted by atomic mass is 79.9. The Labute approximate surface area is 111 Å². The predicted octanol–water partition coefficient (Wildman–Crippen LogP) is 4.72. The highest BCUT2D eigenvalue weighted by Crippen LogP contribution is 2.32. The fourth-order valence-electron chi connectivity index (χ4n) is 1.57. The van der Waals surface area contributed by atoms with E-state index < -0.39 is 5.82 Å². The lowest BCUT2D eigenvalue weighted by Gasteiger charge is -2.08. The molecule has 17 heavy (non-hydrogen) atoms. The van der Waals surface area contributed by atoms with Crippen molar-refractivity contribution in [2.75, 3.05) is 0 Å². The van der Waals surface area contributed by atoms with Crippen molar-refractivity contribution in [1.82, 2.24) is 0 Å². The van der Waals surface area contributed by atoms with Gasteiger partial charge in [0.05, 0.1) is 4.47 Å². The molecule has 0 N–H and O–H groups in total. The third-order valence-electron chi connectivity index (χ3n) is 2.38. The minimum absolute atomic E-state index is 0.260. The molecular weight excluding hydrogens is 306 g/mol. The first-order valence-corrected chi connectivity index (χ1v) is 5.99. The number of rotatable bonds is 2. The molecule has 0 atom stereocenters. The van der Waals surface area contributed by atoms with Gasteiger partial charge in [0, 0.05) is 16.1 Å². The van der Waals surface area contributed by atoms with Gasteiger partial charge < -0.3 is 0 Å². The molecule has 0 aliphatic rings. The van der Waals surface area contributed by atoms with Crippen molar-refractivity contribution in [3.63, 3.8) is 0 Å². The summed E-state index contributed by atoms with van der Waals surface area (Å²) in [6, 6.07) is 9.76. The summed E-state index contributed by atoms with van der Waals surface area (Å²) in [5.41, 5.74) is 1.53. The number of carbonyl (C=O) groups is 1. The van der Waals surface area contributed by atoms with Crippen LogP contribution in [0.15, 0.2) is 40.9 Å². The second-order valence-corrected chi connectivity index (χ2v) is 4.71. The molecule has 0 radical (unpaired) electrons. The monoisotopic (exact) mass is 312 g/mol. The van der Waals surface area contributed by atoms with Crippen molar-refractivity contribution >= 4 is 33.8 Å². The highest BCUT2D eigenvalue weighted by Gasteiger charge is 2.11. The number of aldehydes is 1. The fourth-order valence-corrected chi connectivity index (χ4v) is 2.17. The number of carbonyl (C=O) groups excluding carboxylic acids is 1. The van der Waals surface area contributed by atoms with E-state index in [-0.39, 0.29) is 4.47 Å². The molecule has 2 aromatic rings. The van der Waals surface area contributed by atoms with Gasteiger partial charge in [-0.3, -0.25) is 4.79 Å². The maximum absolute atomic E-state index is 13.5. The van der Waals surface area contributed by atoms with Gasteiger partial charge in [0.25, 0.3) is 0 Å². The van der Waals surface area contributed by atoms with Crippen molar-refractivity contribution in [3.05, 3.63) is 57.3 Å². The van der Waals surface area contributed by atoms with Crippen molar-refractivity contribution in [1.29, 1.82) is 0 Å². The average molecular weight is 314 g/mol. The van der Waals surface area contributed by atoms with Crippen LogP contribution in [0.5, 0.6) is 0 Å². The molecule has 1 nitrogen and oxygen atoms in total. The van der Waals surface area contributed by atoms with Gasteiger partial charge in [-0.1, -0.05) is 29.8 Å². The summed E-state index contributed by atoms with van der Waals surface area (Å²) < 4.78 is 13.8. The molecule has 0 aromatic heterocycles. The zero-order chi connectivity index (χ0) is 12.4. The maximum atomic E-state index is 13.5. The number of hydrogen-bond acceptors (Lipinski definition) is 1. The Morgan fingerprint density at radius 2 is 1.88 bits per heavy atom. The molecule has 2 rings (SSSR count). The van der Waals surface area contributed by atoms with Gasteiger partial charge in [-0.25, -0.2) is 4.39 Å². The standard InChI is InChI=1S/C13H7BrClFO/c14-11-5-8(7-17)10(6-13(11)16)9-3-1-2-4-12(9)15/h1-7H. The molecular formula is C13H7BrClFO. The van der Waals surface area contributed by atoms with E-state index in [1.54, 1.807) is 24.3 Å². The van der Waals surface area contributed by atoms with Crippen LogP contribution in [-0.4, -0.2) is 6.29 Å². The first-order valence-electron chi connectivity index (χ1n) is 4.82. The lowest BCUT2D eigenvalue weighted by atomic mass is 10.0. The van der Waals surface area contributed by atoms with Gasteiger partial charge >= 0.3 is 0 Å². The third-order valence-corrected chi connectivity index (χ3v) is 3.32. The Morgan fingerprint density at radius 3 is 2.53 bits per heavy atom. The van der Waals surface area contributed by atoms with E-state index in [2.05, 4.69) is 15.9 Å². The Balaban J connectivity index is 2.71. The number of halogens is 3. The Bertz CT molecular complexity index is 584. The van der Waals surface area contributed by atoms with Gasteiger partial charge in [-0.2, -0.15) is 0 Å². The zero-order valence-electron chi connectivity index (χ0n) is 8.58. The van der Waals surface area contributed by atoms with Gasteiger partial charge in [-0.05, 0) is 39.7 Å². The first-order chi connectivity index (χ1) is 8.13. The summed E-state index contributed by atoms with van der Waals surface area (Å²) in [7, 11) is 0. The van der Waals surface area contributed by atoms with Gasteiger partial charge in [0.1, 0.15) is 5.82 Å². The minimum Gasteiger partial charge on any atom is -0.298 e. The molecule has 0 fully saturated rings. The van der Waals surface area contributed by atoms with Crippen LogP contribution in [-0.2, 0) is 0 Å². The molecule has 0 aliphatic carbocycles. The van der Waals surface area contributed by atoms with Gasteiger partial charge in [0.15, 0.2) is 6.29 Å². The van der Waals surface area contributed by atoms with Crippen LogP contribution in [0.25, 0.3) is 11.1 Å². The summed E-state index contributed by atoms with van der Waals surface area (Å²) in [6.45, 7) is 0. The zero-order valence-corrected chi connectivity index (χ0v) is 10.9. The predicted molar refractivity (Wildman–Crippen MR) is 69.9 cm³/mol. The number of benzene rings is 2.